The molecule has 0 unspecified atom stereocenters. The maximum absolute atomic E-state index is 11.8. The van der Waals surface area contributed by atoms with Crippen LogP contribution in [0.25, 0.3) is 0 Å². The van der Waals surface area contributed by atoms with Gasteiger partial charge < -0.3 is 20.5 Å². The first-order valence-electron chi connectivity index (χ1n) is 6.55. The van der Waals surface area contributed by atoms with E-state index in [1.54, 1.807) is 0 Å². The average Bonchev–Trinajstić information content (AvgIpc) is 2.55. The highest BCUT2D eigenvalue weighted by Crippen LogP contribution is 2.17. The van der Waals surface area contributed by atoms with Crippen LogP contribution < -0.4 is 15.7 Å². The number of benzene rings is 2. The minimum absolute atomic E-state index is 0.0533. The zero-order chi connectivity index (χ0) is 17.7. The maximum atomic E-state index is 11.8. The Hall–Kier alpha value is -3.75. The Kier molecular flexibility index (Phi) is 4.85. The quantitative estimate of drug-likeness (QED) is 0.476. The predicted octanol–water partition coefficient (Wildman–Crippen LogP) is 0.535. The number of rotatable bonds is 4. The van der Waals surface area contributed by atoms with E-state index < -0.39 is 22.7 Å². The largest absolute Gasteiger partial charge is 0.545 e. The van der Waals surface area contributed by atoms with Crippen molar-refractivity contribution in [1.82, 2.24) is 0 Å². The van der Waals surface area contributed by atoms with Gasteiger partial charge in [0.05, 0.1) is 16.6 Å². The molecule has 9 heteroatoms. The van der Waals surface area contributed by atoms with Crippen molar-refractivity contribution in [3.8, 4) is 0 Å². The minimum Gasteiger partial charge on any atom is -0.545 e. The van der Waals surface area contributed by atoms with Gasteiger partial charge in [0.25, 0.3) is 5.69 Å². The highest BCUT2D eigenvalue weighted by Gasteiger charge is 2.17. The average molecular weight is 328 g/mol. The summed E-state index contributed by atoms with van der Waals surface area (Å²) >= 11 is 0. The SMILES string of the molecule is O=C(Nc1cccc([N+](=O)[O-])c1)C(=O)Nc1ccccc1C(=O)[O-]. The molecule has 0 radical (unpaired) electrons. The number of nitro benzene ring substituents is 1. The molecule has 0 heterocycles. The first kappa shape index (κ1) is 16.6. The number of para-hydroxylation sites is 1. The van der Waals surface area contributed by atoms with Crippen molar-refractivity contribution >= 4 is 34.8 Å². The molecule has 24 heavy (non-hydrogen) atoms. The second kappa shape index (κ2) is 7.01. The third-order valence-electron chi connectivity index (χ3n) is 2.92. The van der Waals surface area contributed by atoms with Crippen LogP contribution in [0.2, 0.25) is 0 Å². The van der Waals surface area contributed by atoms with Crippen LogP contribution in [0.15, 0.2) is 48.5 Å². The van der Waals surface area contributed by atoms with Crippen LogP contribution in [0.4, 0.5) is 17.1 Å². The normalized spacial score (nSPS) is 9.83. The molecule has 0 aliphatic heterocycles. The zero-order valence-electron chi connectivity index (χ0n) is 12.0. The molecule has 2 aromatic carbocycles. The minimum atomic E-state index is -1.51. The number of carboxylic acid groups (broad SMARTS) is 1. The van der Waals surface area contributed by atoms with E-state index in [4.69, 9.17) is 0 Å². The summed E-state index contributed by atoms with van der Waals surface area (Å²) in [6.07, 6.45) is 0. The summed E-state index contributed by atoms with van der Waals surface area (Å²) in [6.45, 7) is 0. The van der Waals surface area contributed by atoms with Crippen LogP contribution in [0.3, 0.4) is 0 Å². The van der Waals surface area contributed by atoms with Crippen molar-refractivity contribution in [3.05, 3.63) is 64.2 Å². The molecule has 2 amide bonds. The van der Waals surface area contributed by atoms with Crippen molar-refractivity contribution in [1.29, 1.82) is 0 Å². The van der Waals surface area contributed by atoms with Crippen molar-refractivity contribution in [2.24, 2.45) is 0 Å². The van der Waals surface area contributed by atoms with E-state index in [2.05, 4.69) is 10.6 Å². The number of hydrogen-bond donors (Lipinski definition) is 2. The summed E-state index contributed by atoms with van der Waals surface area (Å²) in [7, 11) is 0. The number of carboxylic acids is 1. The second-order valence-electron chi connectivity index (χ2n) is 4.55. The highest BCUT2D eigenvalue weighted by molar-refractivity contribution is 6.43. The number of carbonyl (C=O) groups excluding carboxylic acids is 3. The van der Waals surface area contributed by atoms with Gasteiger partial charge in [-0.25, -0.2) is 0 Å². The molecule has 0 aromatic heterocycles. The monoisotopic (exact) mass is 328 g/mol. The first-order valence-corrected chi connectivity index (χ1v) is 6.55. The fourth-order valence-electron chi connectivity index (χ4n) is 1.83. The van der Waals surface area contributed by atoms with E-state index in [0.29, 0.717) is 0 Å². The summed E-state index contributed by atoms with van der Waals surface area (Å²) in [5.41, 5.74) is -0.585. The van der Waals surface area contributed by atoms with Crippen molar-refractivity contribution < 1.29 is 24.4 Å². The maximum Gasteiger partial charge on any atom is 0.314 e. The number of hydrogen-bond acceptors (Lipinski definition) is 6. The van der Waals surface area contributed by atoms with Gasteiger partial charge in [-0.15, -0.1) is 0 Å². The van der Waals surface area contributed by atoms with Gasteiger partial charge in [-0.3, -0.25) is 19.7 Å². The topological polar surface area (TPSA) is 141 Å². The summed E-state index contributed by atoms with van der Waals surface area (Å²) in [6, 6.07) is 10.4. The molecule has 122 valence electrons. The van der Waals surface area contributed by atoms with Gasteiger partial charge in [-0.05, 0) is 12.1 Å². The van der Waals surface area contributed by atoms with Crippen LogP contribution in [-0.4, -0.2) is 22.7 Å². The van der Waals surface area contributed by atoms with Crippen LogP contribution in [0.5, 0.6) is 0 Å². The lowest BCUT2D eigenvalue weighted by atomic mass is 10.2. The molecule has 0 saturated carbocycles. The van der Waals surface area contributed by atoms with Crippen LogP contribution in [0, 0.1) is 10.1 Å². The Morgan fingerprint density at radius 3 is 2.25 bits per heavy atom. The van der Waals surface area contributed by atoms with E-state index in [1.807, 2.05) is 0 Å². The second-order valence-corrected chi connectivity index (χ2v) is 4.55. The van der Waals surface area contributed by atoms with Crippen LogP contribution in [-0.2, 0) is 9.59 Å². The van der Waals surface area contributed by atoms with Crippen LogP contribution in [0.1, 0.15) is 10.4 Å². The number of amides is 2. The first-order chi connectivity index (χ1) is 11.4. The lowest BCUT2D eigenvalue weighted by molar-refractivity contribution is -0.384. The van der Waals surface area contributed by atoms with Crippen molar-refractivity contribution in [2.45, 2.75) is 0 Å². The molecule has 0 bridgehead atoms. The molecule has 2 aromatic rings. The molecule has 2 N–H and O–H groups in total. The van der Waals surface area contributed by atoms with E-state index in [0.717, 1.165) is 6.07 Å². The number of non-ortho nitro benzene ring substituents is 1. The van der Waals surface area contributed by atoms with E-state index >= 15 is 0 Å². The smallest absolute Gasteiger partial charge is 0.314 e. The fraction of sp³-hybridized carbons (Fsp3) is 0. The molecule has 0 atom stereocenters. The Morgan fingerprint density at radius 1 is 0.917 bits per heavy atom. The van der Waals surface area contributed by atoms with Gasteiger partial charge in [-0.2, -0.15) is 0 Å². The summed E-state index contributed by atoms with van der Waals surface area (Å²) < 4.78 is 0. The molecule has 0 aliphatic carbocycles. The number of aromatic carboxylic acids is 1. The Balaban J connectivity index is 2.11. The molecule has 0 fully saturated rings. The van der Waals surface area contributed by atoms with Gasteiger partial charge in [-0.1, -0.05) is 24.3 Å². The molecule has 0 aliphatic rings. The molecule has 9 nitrogen and oxygen atoms in total. The van der Waals surface area contributed by atoms with Gasteiger partial charge in [0.15, 0.2) is 0 Å². The fourth-order valence-corrected chi connectivity index (χ4v) is 1.83. The Labute approximate surface area is 135 Å². The number of anilines is 2. The highest BCUT2D eigenvalue weighted by atomic mass is 16.6. The van der Waals surface area contributed by atoms with Crippen LogP contribution >= 0.6 is 0 Å². The van der Waals surface area contributed by atoms with Gasteiger partial charge in [0.2, 0.25) is 0 Å². The number of nitrogens with one attached hydrogen (secondary N) is 2. The zero-order valence-corrected chi connectivity index (χ0v) is 12.0. The number of nitro groups is 1. The number of carbonyl (C=O) groups is 3. The third kappa shape index (κ3) is 3.91. The van der Waals surface area contributed by atoms with Crippen molar-refractivity contribution in [2.75, 3.05) is 10.6 Å². The summed E-state index contributed by atoms with van der Waals surface area (Å²) in [5.74, 6) is -3.75. The summed E-state index contributed by atoms with van der Waals surface area (Å²) in [5, 5.41) is 25.9. The summed E-state index contributed by atoms with van der Waals surface area (Å²) in [4.78, 5) is 44.6. The third-order valence-corrected chi connectivity index (χ3v) is 2.92. The van der Waals surface area contributed by atoms with Crippen molar-refractivity contribution in [3.63, 3.8) is 0 Å². The predicted molar refractivity (Wildman–Crippen MR) is 81.1 cm³/mol. The van der Waals surface area contributed by atoms with E-state index in [-0.39, 0.29) is 22.6 Å². The van der Waals surface area contributed by atoms with Gasteiger partial charge in [0, 0.05) is 23.4 Å². The molecule has 2 rings (SSSR count). The van der Waals surface area contributed by atoms with E-state index in [9.17, 15) is 29.6 Å². The Morgan fingerprint density at radius 2 is 1.58 bits per heavy atom. The molecule has 0 spiro atoms. The molecular formula is C15H10N3O6-. The van der Waals surface area contributed by atoms with E-state index in [1.165, 1.54) is 42.5 Å². The lowest BCUT2D eigenvalue weighted by Gasteiger charge is -2.11. The standard InChI is InChI=1S/C15H11N3O6/c19-13(16-9-4-3-5-10(8-9)18(23)24)14(20)17-12-7-2-1-6-11(12)15(21)22/h1-8H,(H,16,19)(H,17,20)(H,21,22)/p-1. The van der Waals surface area contributed by atoms with Gasteiger partial charge in [0.1, 0.15) is 0 Å². The van der Waals surface area contributed by atoms with Gasteiger partial charge >= 0.3 is 11.8 Å². The molecule has 0 saturated heterocycles. The Bertz CT molecular complexity index is 833. The number of nitrogens with zero attached hydrogens (tertiary/aromatic N) is 1. The molecular weight excluding hydrogens is 318 g/mol. The lowest BCUT2D eigenvalue weighted by Crippen LogP contribution is -2.31.